The first-order valence-corrected chi connectivity index (χ1v) is 17.4. The third-order valence-electron chi connectivity index (χ3n) is 9.19. The number of pyridine rings is 1. The molecular formula is C33H34ClFN4O5S. The van der Waals surface area contributed by atoms with Gasteiger partial charge in [-0.15, -0.1) is 0 Å². The standard InChI is InChI=1S/C33H34ClFN4O5S/c1-20-37-32(38-44-20)23-15-22(16-25-5-4-14-45(25,40)41)29(36-18-23)19-39-12-10-21(11-13-39)26-6-3-7-30-31(26)43-33(2,42-30)27-9-8-24(34)17-28(27)35/h3,6-9,15,17-18,21,25H,4-5,10-14,16,19H2,1-2H3. The van der Waals surface area contributed by atoms with Crippen molar-refractivity contribution in [2.45, 2.75) is 69.5 Å². The Hall–Kier alpha value is -3.54. The first-order chi connectivity index (χ1) is 21.6. The Balaban J connectivity index is 1.07. The summed E-state index contributed by atoms with van der Waals surface area (Å²) in [5.74, 6) is 0.849. The van der Waals surface area contributed by atoms with Gasteiger partial charge in [-0.25, -0.2) is 12.8 Å². The van der Waals surface area contributed by atoms with E-state index in [2.05, 4.69) is 21.1 Å². The average Bonchev–Trinajstić information content (AvgIpc) is 3.69. The zero-order chi connectivity index (χ0) is 31.3. The molecule has 0 amide bonds. The monoisotopic (exact) mass is 652 g/mol. The Morgan fingerprint density at radius 1 is 1.11 bits per heavy atom. The fraction of sp³-hybridized carbons (Fsp3) is 0.424. The molecule has 9 nitrogen and oxygen atoms in total. The summed E-state index contributed by atoms with van der Waals surface area (Å²) in [5.41, 5.74) is 3.84. The van der Waals surface area contributed by atoms with Crippen molar-refractivity contribution in [3.8, 4) is 22.9 Å². The predicted octanol–water partition coefficient (Wildman–Crippen LogP) is 6.38. The van der Waals surface area contributed by atoms with E-state index < -0.39 is 26.7 Å². The number of fused-ring (bicyclic) bond motifs is 1. The Morgan fingerprint density at radius 2 is 1.93 bits per heavy atom. The van der Waals surface area contributed by atoms with Crippen LogP contribution in [-0.2, 0) is 28.6 Å². The topological polar surface area (TPSA) is 108 Å². The molecule has 0 spiro atoms. The summed E-state index contributed by atoms with van der Waals surface area (Å²) < 4.78 is 58.0. The summed E-state index contributed by atoms with van der Waals surface area (Å²) >= 11 is 5.98. The van der Waals surface area contributed by atoms with Crippen molar-refractivity contribution in [1.82, 2.24) is 20.0 Å². The third-order valence-corrected chi connectivity index (χ3v) is 11.7. The number of halogens is 2. The van der Waals surface area contributed by atoms with E-state index in [0.29, 0.717) is 59.6 Å². The molecule has 0 bridgehead atoms. The molecule has 5 heterocycles. The van der Waals surface area contributed by atoms with Crippen molar-refractivity contribution >= 4 is 21.4 Å². The summed E-state index contributed by atoms with van der Waals surface area (Å²) in [6.45, 7) is 5.72. The van der Waals surface area contributed by atoms with Crippen LogP contribution in [0, 0.1) is 12.7 Å². The highest BCUT2D eigenvalue weighted by Gasteiger charge is 2.43. The molecule has 3 aliphatic rings. The van der Waals surface area contributed by atoms with E-state index in [9.17, 15) is 12.8 Å². The summed E-state index contributed by atoms with van der Waals surface area (Å²) in [6.07, 6.45) is 5.29. The molecule has 2 fully saturated rings. The van der Waals surface area contributed by atoms with E-state index in [0.717, 1.165) is 42.8 Å². The van der Waals surface area contributed by atoms with Gasteiger partial charge in [0, 0.05) is 42.7 Å². The molecule has 7 rings (SSSR count). The number of benzene rings is 2. The highest BCUT2D eigenvalue weighted by atomic mass is 35.5. The van der Waals surface area contributed by atoms with Crippen LogP contribution in [0.25, 0.3) is 11.4 Å². The van der Waals surface area contributed by atoms with Crippen molar-refractivity contribution < 1.29 is 26.8 Å². The van der Waals surface area contributed by atoms with Crippen molar-refractivity contribution in [1.29, 1.82) is 0 Å². The molecule has 3 aliphatic heterocycles. The van der Waals surface area contributed by atoms with Crippen LogP contribution in [0.15, 0.2) is 53.2 Å². The second-order valence-electron chi connectivity index (χ2n) is 12.3. The molecular weight excluding hydrogens is 619 g/mol. The van der Waals surface area contributed by atoms with Gasteiger partial charge < -0.3 is 14.0 Å². The van der Waals surface area contributed by atoms with Crippen LogP contribution in [-0.4, -0.2) is 52.5 Å². The lowest BCUT2D eigenvalue weighted by Crippen LogP contribution is -2.34. The highest BCUT2D eigenvalue weighted by molar-refractivity contribution is 7.92. The molecule has 2 atom stereocenters. The van der Waals surface area contributed by atoms with Crippen molar-refractivity contribution in [2.75, 3.05) is 18.8 Å². The number of aromatic nitrogens is 3. The summed E-state index contributed by atoms with van der Waals surface area (Å²) in [7, 11) is -3.12. The Bertz CT molecular complexity index is 1860. The SMILES string of the molecule is Cc1nc(-c2cnc(CN3CCC(c4cccc5c4OC(C)(c4ccc(Cl)cc4F)O5)CC3)c(CC3CCCS3(=O)=O)c2)no1. The fourth-order valence-corrected chi connectivity index (χ4v) is 8.80. The van der Waals surface area contributed by atoms with E-state index in [4.69, 9.17) is 30.6 Å². The van der Waals surface area contributed by atoms with Gasteiger partial charge in [0.2, 0.25) is 11.7 Å². The highest BCUT2D eigenvalue weighted by Crippen LogP contribution is 2.50. The lowest BCUT2D eigenvalue weighted by molar-refractivity contribution is -0.0712. The number of aryl methyl sites for hydroxylation is 1. The number of nitrogens with zero attached hydrogens (tertiary/aromatic N) is 4. The maximum atomic E-state index is 14.8. The molecule has 0 radical (unpaired) electrons. The van der Waals surface area contributed by atoms with Gasteiger partial charge in [0.05, 0.1) is 22.3 Å². The molecule has 236 valence electrons. The van der Waals surface area contributed by atoms with E-state index in [1.165, 1.54) is 6.07 Å². The maximum Gasteiger partial charge on any atom is 0.278 e. The minimum atomic E-state index is -3.12. The van der Waals surface area contributed by atoms with Gasteiger partial charge in [-0.05, 0) is 87.0 Å². The van der Waals surface area contributed by atoms with Crippen LogP contribution in [0.1, 0.15) is 66.8 Å². The number of piperidine rings is 1. The van der Waals surface area contributed by atoms with Crippen LogP contribution in [0.5, 0.6) is 11.5 Å². The Labute approximate surface area is 266 Å². The smallest absolute Gasteiger partial charge is 0.278 e. The molecule has 45 heavy (non-hydrogen) atoms. The molecule has 2 unspecified atom stereocenters. The zero-order valence-electron chi connectivity index (χ0n) is 25.1. The minimum absolute atomic E-state index is 0.233. The van der Waals surface area contributed by atoms with Crippen LogP contribution < -0.4 is 9.47 Å². The van der Waals surface area contributed by atoms with Gasteiger partial charge in [0.1, 0.15) is 5.82 Å². The fourth-order valence-electron chi connectivity index (χ4n) is 6.78. The molecule has 2 saturated heterocycles. The van der Waals surface area contributed by atoms with Gasteiger partial charge >= 0.3 is 0 Å². The van der Waals surface area contributed by atoms with Crippen LogP contribution >= 0.6 is 11.6 Å². The number of hydrogen-bond acceptors (Lipinski definition) is 9. The van der Waals surface area contributed by atoms with Gasteiger partial charge in [-0.2, -0.15) is 4.98 Å². The largest absolute Gasteiger partial charge is 0.444 e. The van der Waals surface area contributed by atoms with Crippen LogP contribution in [0.4, 0.5) is 4.39 Å². The summed E-state index contributed by atoms with van der Waals surface area (Å²) in [4.78, 5) is 11.5. The van der Waals surface area contributed by atoms with Crippen LogP contribution in [0.3, 0.4) is 0 Å². The number of ether oxygens (including phenoxy) is 2. The maximum absolute atomic E-state index is 14.8. The van der Waals surface area contributed by atoms with Crippen molar-refractivity contribution in [3.63, 3.8) is 0 Å². The Kier molecular flexibility index (Phi) is 7.82. The number of rotatable bonds is 7. The summed E-state index contributed by atoms with van der Waals surface area (Å²) in [6, 6.07) is 12.3. The average molecular weight is 653 g/mol. The third kappa shape index (κ3) is 5.93. The van der Waals surface area contributed by atoms with Gasteiger partial charge in [0.25, 0.3) is 5.79 Å². The molecule has 4 aromatic rings. The molecule has 12 heteroatoms. The second kappa shape index (κ2) is 11.7. The van der Waals surface area contributed by atoms with E-state index in [1.54, 1.807) is 32.2 Å². The van der Waals surface area contributed by atoms with Crippen molar-refractivity contribution in [2.24, 2.45) is 0 Å². The second-order valence-corrected chi connectivity index (χ2v) is 15.1. The quantitative estimate of drug-likeness (QED) is 0.225. The van der Waals surface area contributed by atoms with Crippen LogP contribution in [0.2, 0.25) is 5.02 Å². The number of para-hydroxylation sites is 1. The van der Waals surface area contributed by atoms with E-state index in [1.807, 2.05) is 18.2 Å². The lowest BCUT2D eigenvalue weighted by Gasteiger charge is -2.33. The van der Waals surface area contributed by atoms with E-state index in [-0.39, 0.29) is 17.2 Å². The molecule has 0 aliphatic carbocycles. The van der Waals surface area contributed by atoms with Crippen molar-refractivity contribution in [3.05, 3.63) is 87.8 Å². The lowest BCUT2D eigenvalue weighted by atomic mass is 9.88. The minimum Gasteiger partial charge on any atom is -0.444 e. The number of likely N-dealkylation sites (tertiary alicyclic amines) is 1. The first-order valence-electron chi connectivity index (χ1n) is 15.3. The molecule has 2 aromatic heterocycles. The number of hydrogen-bond donors (Lipinski definition) is 0. The molecule has 0 N–H and O–H groups in total. The Morgan fingerprint density at radius 3 is 2.64 bits per heavy atom. The van der Waals surface area contributed by atoms with E-state index >= 15 is 0 Å². The first kappa shape index (κ1) is 30.1. The molecule has 0 saturated carbocycles. The normalized spacial score (nSPS) is 23.1. The predicted molar refractivity (Wildman–Crippen MR) is 166 cm³/mol. The number of sulfone groups is 1. The molecule has 2 aromatic carbocycles. The van der Waals surface area contributed by atoms with Gasteiger partial charge in [-0.1, -0.05) is 28.9 Å². The van der Waals surface area contributed by atoms with Gasteiger partial charge in [0.15, 0.2) is 21.3 Å². The summed E-state index contributed by atoms with van der Waals surface area (Å²) in [5, 5.41) is 3.94. The zero-order valence-corrected chi connectivity index (χ0v) is 26.7. The van der Waals surface area contributed by atoms with Gasteiger partial charge in [-0.3, -0.25) is 9.88 Å².